The summed E-state index contributed by atoms with van der Waals surface area (Å²) in [6.45, 7) is 2.38. The Morgan fingerprint density at radius 1 is 0.680 bits per heavy atom. The molecule has 1 N–H and O–H groups in total. The van der Waals surface area contributed by atoms with Gasteiger partial charge in [0.15, 0.2) is 0 Å². The molecule has 0 saturated carbocycles. The van der Waals surface area contributed by atoms with E-state index >= 15 is 0 Å². The van der Waals surface area contributed by atoms with Crippen LogP contribution in [0.2, 0.25) is 0 Å². The third-order valence-electron chi connectivity index (χ3n) is 3.13. The molecule has 142 valence electrons. The fourth-order valence-corrected chi connectivity index (χ4v) is 1.61. The minimum Gasteiger partial charge on any atom is -0.508 e. The van der Waals surface area contributed by atoms with Gasteiger partial charge in [0.1, 0.15) is 5.75 Å². The largest absolute Gasteiger partial charge is 0.508 e. The first-order valence-corrected chi connectivity index (χ1v) is 5.98. The van der Waals surface area contributed by atoms with E-state index in [0.29, 0.717) is 24.3 Å². The van der Waals surface area contributed by atoms with Crippen LogP contribution < -0.4 is 0 Å². The Morgan fingerprint density at radius 3 is 1.44 bits per heavy atom. The van der Waals surface area contributed by atoms with Gasteiger partial charge in [-0.15, -0.1) is 0 Å². The van der Waals surface area contributed by atoms with Crippen LogP contribution in [0.1, 0.15) is 5.56 Å². The molecule has 0 radical (unpaired) electrons. The molecule has 0 aliphatic heterocycles. The minimum atomic E-state index is -7.48. The lowest BCUT2D eigenvalue weighted by Crippen LogP contribution is -2.66. The third kappa shape index (κ3) is 3.01. The van der Waals surface area contributed by atoms with Gasteiger partial charge in [0.25, 0.3) is 0 Å². The van der Waals surface area contributed by atoms with Crippen molar-refractivity contribution in [3.05, 3.63) is 36.4 Å². The highest BCUT2D eigenvalue weighted by atomic mass is 19.4. The monoisotopic (exact) mass is 388 g/mol. The van der Waals surface area contributed by atoms with Crippen molar-refractivity contribution in [3.63, 3.8) is 0 Å². The molecule has 0 unspecified atom stereocenters. The second-order valence-electron chi connectivity index (χ2n) is 4.82. The van der Waals surface area contributed by atoms with Crippen LogP contribution in [0.25, 0.3) is 5.57 Å². The lowest BCUT2D eigenvalue weighted by Gasteiger charge is -2.37. The summed E-state index contributed by atoms with van der Waals surface area (Å²) in [5.74, 6) is -28.8. The van der Waals surface area contributed by atoms with E-state index in [1.807, 2.05) is 0 Å². The molecule has 25 heavy (non-hydrogen) atoms. The number of allylic oxidation sites excluding steroid dienone is 1. The Balaban J connectivity index is 3.43. The van der Waals surface area contributed by atoms with Crippen LogP contribution in [0.4, 0.5) is 48.3 Å². The van der Waals surface area contributed by atoms with E-state index in [4.69, 9.17) is 5.11 Å². The third-order valence-corrected chi connectivity index (χ3v) is 3.13. The van der Waals surface area contributed by atoms with Crippen LogP contribution in [0.3, 0.4) is 0 Å². The first-order valence-electron chi connectivity index (χ1n) is 5.98. The van der Waals surface area contributed by atoms with Crippen LogP contribution in [0.5, 0.6) is 5.75 Å². The zero-order valence-electron chi connectivity index (χ0n) is 11.6. The number of halogens is 11. The van der Waals surface area contributed by atoms with Crippen molar-refractivity contribution in [2.24, 2.45) is 0 Å². The molecular weight excluding hydrogens is 381 g/mol. The maximum Gasteiger partial charge on any atom is 0.460 e. The molecular formula is C13H7F11O. The van der Waals surface area contributed by atoms with Crippen molar-refractivity contribution in [1.82, 2.24) is 0 Å². The quantitative estimate of drug-likeness (QED) is 0.660. The molecule has 0 fully saturated rings. The van der Waals surface area contributed by atoms with Gasteiger partial charge in [0, 0.05) is 5.57 Å². The number of aromatic hydroxyl groups is 1. The number of hydrogen-bond donors (Lipinski definition) is 1. The zero-order chi connectivity index (χ0) is 20.1. The Hall–Kier alpha value is -2.01. The highest BCUT2D eigenvalue weighted by Gasteiger charge is 2.87. The van der Waals surface area contributed by atoms with Gasteiger partial charge in [-0.05, 0) is 17.7 Å². The lowest BCUT2D eigenvalue weighted by molar-refractivity contribution is -0.415. The molecule has 12 heteroatoms. The van der Waals surface area contributed by atoms with Crippen LogP contribution in [-0.4, -0.2) is 35.0 Å². The summed E-state index contributed by atoms with van der Waals surface area (Å²) in [5, 5.41) is 8.92. The molecule has 0 bridgehead atoms. The summed E-state index contributed by atoms with van der Waals surface area (Å²) in [7, 11) is 0. The summed E-state index contributed by atoms with van der Waals surface area (Å²) >= 11 is 0. The Bertz CT molecular complexity index is 643. The fourth-order valence-electron chi connectivity index (χ4n) is 1.61. The van der Waals surface area contributed by atoms with E-state index in [9.17, 15) is 48.3 Å². The smallest absolute Gasteiger partial charge is 0.460 e. The molecule has 0 heterocycles. The van der Waals surface area contributed by atoms with Crippen molar-refractivity contribution >= 4 is 5.57 Å². The number of phenols is 1. The molecule has 0 aromatic heterocycles. The maximum absolute atomic E-state index is 13.7. The number of benzene rings is 1. The predicted molar refractivity (Wildman–Crippen MR) is 63.0 cm³/mol. The highest BCUT2D eigenvalue weighted by Crippen LogP contribution is 2.59. The average Bonchev–Trinajstić information content (AvgIpc) is 2.45. The first-order chi connectivity index (χ1) is 10.9. The van der Waals surface area contributed by atoms with Gasteiger partial charge < -0.3 is 5.11 Å². The van der Waals surface area contributed by atoms with Crippen LogP contribution in [-0.2, 0) is 0 Å². The summed E-state index contributed by atoms with van der Waals surface area (Å²) in [4.78, 5) is 0. The SMILES string of the molecule is C=C(c1ccc(O)cc1)C(F)(F)C(F)(F)C(F)(F)C(F)(F)C(F)(F)F. The summed E-state index contributed by atoms with van der Waals surface area (Å²) in [6.07, 6.45) is -7.21. The fraction of sp³-hybridized carbons (Fsp3) is 0.385. The minimum absolute atomic E-state index is 0.502. The summed E-state index contributed by atoms with van der Waals surface area (Å²) in [6, 6.07) is 2.30. The topological polar surface area (TPSA) is 20.2 Å². The lowest BCUT2D eigenvalue weighted by atomic mass is 9.90. The molecule has 0 spiro atoms. The number of rotatable bonds is 5. The normalized spacial score (nSPS) is 14.5. The van der Waals surface area contributed by atoms with E-state index < -0.39 is 46.8 Å². The van der Waals surface area contributed by atoms with Gasteiger partial charge in [0.2, 0.25) is 0 Å². The zero-order valence-corrected chi connectivity index (χ0v) is 11.6. The van der Waals surface area contributed by atoms with Gasteiger partial charge >= 0.3 is 29.9 Å². The predicted octanol–water partition coefficient (Wildman–Crippen LogP) is 5.51. The van der Waals surface area contributed by atoms with E-state index in [-0.39, 0.29) is 0 Å². The van der Waals surface area contributed by atoms with Crippen molar-refractivity contribution in [2.75, 3.05) is 0 Å². The van der Waals surface area contributed by atoms with Gasteiger partial charge in [0.05, 0.1) is 0 Å². The van der Waals surface area contributed by atoms with Gasteiger partial charge in [-0.2, -0.15) is 48.3 Å². The number of alkyl halides is 11. The summed E-state index contributed by atoms with van der Waals surface area (Å²) in [5.41, 5.74) is -3.14. The molecule has 1 rings (SSSR count). The van der Waals surface area contributed by atoms with Gasteiger partial charge in [-0.1, -0.05) is 18.7 Å². The molecule has 0 aliphatic carbocycles. The molecule has 0 saturated heterocycles. The van der Waals surface area contributed by atoms with Crippen molar-refractivity contribution in [3.8, 4) is 5.75 Å². The van der Waals surface area contributed by atoms with E-state index in [2.05, 4.69) is 6.58 Å². The van der Waals surface area contributed by atoms with E-state index in [0.717, 1.165) is 0 Å². The molecule has 1 aromatic carbocycles. The molecule has 1 nitrogen and oxygen atoms in total. The molecule has 1 aromatic rings. The van der Waals surface area contributed by atoms with Crippen LogP contribution in [0.15, 0.2) is 30.8 Å². The Kier molecular flexibility index (Phi) is 4.85. The highest BCUT2D eigenvalue weighted by molar-refractivity contribution is 5.70. The van der Waals surface area contributed by atoms with Gasteiger partial charge in [-0.25, -0.2) is 0 Å². The average molecular weight is 388 g/mol. The van der Waals surface area contributed by atoms with Crippen molar-refractivity contribution in [2.45, 2.75) is 29.9 Å². The Morgan fingerprint density at radius 2 is 1.08 bits per heavy atom. The summed E-state index contributed by atoms with van der Waals surface area (Å²) < 4.78 is 142. The number of hydrogen-bond acceptors (Lipinski definition) is 1. The second kappa shape index (κ2) is 5.77. The molecule has 0 amide bonds. The van der Waals surface area contributed by atoms with E-state index in [1.54, 1.807) is 0 Å². The maximum atomic E-state index is 13.7. The number of phenolic OH excluding ortho intramolecular Hbond substituents is 1. The Labute approximate surface area is 132 Å². The van der Waals surface area contributed by atoms with Gasteiger partial charge in [-0.3, -0.25) is 0 Å². The standard InChI is InChI=1S/C13H7F11O/c1-6(7-2-4-8(25)5-3-7)9(14,15)10(16,17)11(18,19)12(20,21)13(22,23)24/h2-5,25H,1H2. The second-order valence-corrected chi connectivity index (χ2v) is 4.82. The molecule has 0 atom stereocenters. The molecule has 0 aliphatic rings. The van der Waals surface area contributed by atoms with Crippen LogP contribution >= 0.6 is 0 Å². The van der Waals surface area contributed by atoms with Crippen molar-refractivity contribution < 1.29 is 53.4 Å². The van der Waals surface area contributed by atoms with Crippen LogP contribution in [0, 0.1) is 0 Å². The van der Waals surface area contributed by atoms with Crippen molar-refractivity contribution in [1.29, 1.82) is 0 Å². The van der Waals surface area contributed by atoms with E-state index in [1.165, 1.54) is 0 Å². The first kappa shape index (κ1) is 21.0.